The van der Waals surface area contributed by atoms with Crippen LogP contribution in [0.3, 0.4) is 0 Å². The van der Waals surface area contributed by atoms with Gasteiger partial charge in [-0.2, -0.15) is 0 Å². The van der Waals surface area contributed by atoms with Crippen LogP contribution in [0.4, 0.5) is 14.7 Å². The average molecular weight is 463 g/mol. The Bertz CT molecular complexity index is 1160. The Morgan fingerprint density at radius 3 is 2.88 bits per heavy atom. The van der Waals surface area contributed by atoms with E-state index in [0.717, 1.165) is 0 Å². The van der Waals surface area contributed by atoms with Crippen molar-refractivity contribution >= 4 is 17.5 Å². The number of halogens is 3. The number of hydrogen-bond acceptors (Lipinski definition) is 6. The minimum atomic E-state index is -1.16. The molecule has 1 aliphatic heterocycles. The highest BCUT2D eigenvalue weighted by atomic mass is 35.5. The van der Waals surface area contributed by atoms with Gasteiger partial charge in [-0.1, -0.05) is 17.7 Å². The highest BCUT2D eigenvalue weighted by molar-refractivity contribution is 6.30. The molecular weight excluding hydrogens is 442 g/mol. The molecule has 0 bridgehead atoms. The molecular formula is C22H21ClF2N4O3. The van der Waals surface area contributed by atoms with E-state index in [1.807, 2.05) is 0 Å². The van der Waals surface area contributed by atoms with Crippen molar-refractivity contribution in [1.82, 2.24) is 14.5 Å². The number of hydrogen-bond donors (Lipinski definition) is 2. The summed E-state index contributed by atoms with van der Waals surface area (Å²) in [6.07, 6.45) is 2.37. The van der Waals surface area contributed by atoms with Crippen LogP contribution in [0.1, 0.15) is 18.0 Å². The van der Waals surface area contributed by atoms with Gasteiger partial charge < -0.3 is 19.7 Å². The lowest BCUT2D eigenvalue weighted by molar-refractivity contribution is 0.0284. The second-order valence-electron chi connectivity index (χ2n) is 7.43. The fourth-order valence-corrected chi connectivity index (χ4v) is 3.72. The van der Waals surface area contributed by atoms with Gasteiger partial charge in [0, 0.05) is 30.6 Å². The fraction of sp³-hybridized carbons (Fsp3) is 0.318. The van der Waals surface area contributed by atoms with E-state index in [2.05, 4.69) is 15.3 Å². The van der Waals surface area contributed by atoms with E-state index in [-0.39, 0.29) is 17.6 Å². The van der Waals surface area contributed by atoms with Gasteiger partial charge in [0.2, 0.25) is 5.95 Å². The Morgan fingerprint density at radius 1 is 1.31 bits per heavy atom. The van der Waals surface area contributed by atoms with E-state index < -0.39 is 36.2 Å². The third kappa shape index (κ3) is 4.79. The Morgan fingerprint density at radius 2 is 2.16 bits per heavy atom. The monoisotopic (exact) mass is 462 g/mol. The molecule has 7 nitrogen and oxygen atoms in total. The van der Waals surface area contributed by atoms with Crippen LogP contribution in [0.2, 0.25) is 5.02 Å². The molecule has 2 N–H and O–H groups in total. The Labute approximate surface area is 187 Å². The molecule has 0 amide bonds. The molecule has 10 heteroatoms. The third-order valence-electron chi connectivity index (χ3n) is 5.34. The maximum absolute atomic E-state index is 14.0. The molecule has 3 atom stereocenters. The summed E-state index contributed by atoms with van der Waals surface area (Å²) in [7, 11) is 0. The van der Waals surface area contributed by atoms with E-state index in [4.69, 9.17) is 16.3 Å². The van der Waals surface area contributed by atoms with Gasteiger partial charge >= 0.3 is 0 Å². The second-order valence-corrected chi connectivity index (χ2v) is 7.84. The van der Waals surface area contributed by atoms with Gasteiger partial charge in [0.25, 0.3) is 5.56 Å². The summed E-state index contributed by atoms with van der Waals surface area (Å²) < 4.78 is 34.3. The van der Waals surface area contributed by atoms with Gasteiger partial charge in [-0.3, -0.25) is 4.79 Å². The first-order valence-corrected chi connectivity index (χ1v) is 10.4. The zero-order valence-electron chi connectivity index (χ0n) is 16.9. The zero-order valence-corrected chi connectivity index (χ0v) is 17.7. The van der Waals surface area contributed by atoms with E-state index in [0.29, 0.717) is 29.8 Å². The van der Waals surface area contributed by atoms with Gasteiger partial charge in [0.15, 0.2) is 0 Å². The molecule has 1 aliphatic rings. The van der Waals surface area contributed by atoms with Crippen LogP contribution in [-0.2, 0) is 4.74 Å². The van der Waals surface area contributed by atoms with Crippen LogP contribution in [-0.4, -0.2) is 51.7 Å². The largest absolute Gasteiger partial charge is 0.394 e. The minimum Gasteiger partial charge on any atom is -0.394 e. The number of aliphatic hydroxyl groups is 1. The van der Waals surface area contributed by atoms with Crippen LogP contribution in [0.5, 0.6) is 0 Å². The lowest BCUT2D eigenvalue weighted by Crippen LogP contribution is -2.39. The quantitative estimate of drug-likeness (QED) is 0.584. The standard InChI is InChI=1S/C22H21ClF2N4O3/c23-15-2-1-14(9-16(15)24)20(11-30)29-7-4-13(10-21(29)31)18-3-6-26-22(27-18)28-19-5-8-32-12-17(19)25/h1-4,6-7,9-10,17,19-20,30H,5,8,11-12H2,(H,26,27,28)/t17-,19+,20+/m1/s1. The molecule has 3 aromatic rings. The van der Waals surface area contributed by atoms with Crippen molar-refractivity contribution in [3.05, 3.63) is 75.5 Å². The van der Waals surface area contributed by atoms with E-state index in [9.17, 15) is 18.7 Å². The maximum Gasteiger partial charge on any atom is 0.251 e. The fourth-order valence-electron chi connectivity index (χ4n) is 3.60. The lowest BCUT2D eigenvalue weighted by atomic mass is 10.1. The number of benzene rings is 1. The molecule has 0 spiro atoms. The summed E-state index contributed by atoms with van der Waals surface area (Å²) >= 11 is 5.73. The summed E-state index contributed by atoms with van der Waals surface area (Å²) in [6, 6.07) is 7.58. The van der Waals surface area contributed by atoms with E-state index >= 15 is 0 Å². The van der Waals surface area contributed by atoms with E-state index in [1.54, 1.807) is 18.2 Å². The van der Waals surface area contributed by atoms with Crippen molar-refractivity contribution in [2.45, 2.75) is 24.7 Å². The zero-order chi connectivity index (χ0) is 22.7. The molecule has 3 heterocycles. The molecule has 0 radical (unpaired) electrons. The van der Waals surface area contributed by atoms with Crippen LogP contribution in [0.25, 0.3) is 11.3 Å². The summed E-state index contributed by atoms with van der Waals surface area (Å²) in [5.74, 6) is -0.376. The SMILES string of the molecule is O=c1cc(-c2ccnc(N[C@H]3CCOC[C@H]3F)n2)ccn1[C@@H](CO)c1ccc(Cl)c(F)c1. The molecule has 0 unspecified atom stereocenters. The number of rotatable bonds is 6. The van der Waals surface area contributed by atoms with Gasteiger partial charge in [0.1, 0.15) is 12.0 Å². The predicted molar refractivity (Wildman–Crippen MR) is 116 cm³/mol. The van der Waals surface area contributed by atoms with Crippen LogP contribution in [0, 0.1) is 5.82 Å². The van der Waals surface area contributed by atoms with Crippen molar-refractivity contribution in [2.24, 2.45) is 0 Å². The number of nitrogens with zero attached hydrogens (tertiary/aromatic N) is 3. The van der Waals surface area contributed by atoms with E-state index in [1.165, 1.54) is 35.2 Å². The first-order valence-electron chi connectivity index (χ1n) is 10.1. The average Bonchev–Trinajstić information content (AvgIpc) is 2.79. The molecule has 0 saturated carbocycles. The summed E-state index contributed by atoms with van der Waals surface area (Å²) in [4.78, 5) is 21.3. The van der Waals surface area contributed by atoms with Crippen molar-refractivity contribution < 1.29 is 18.6 Å². The minimum absolute atomic E-state index is 0.0269. The molecule has 1 aromatic carbocycles. The smallest absolute Gasteiger partial charge is 0.251 e. The summed E-state index contributed by atoms with van der Waals surface area (Å²) in [5.41, 5.74) is 1.01. The Balaban J connectivity index is 1.59. The topological polar surface area (TPSA) is 89.3 Å². The van der Waals surface area contributed by atoms with Gasteiger partial charge in [-0.25, -0.2) is 18.7 Å². The first-order chi connectivity index (χ1) is 15.5. The Kier molecular flexibility index (Phi) is 6.78. The predicted octanol–water partition coefficient (Wildman–Crippen LogP) is 3.22. The number of ether oxygens (including phenoxy) is 1. The molecule has 32 heavy (non-hydrogen) atoms. The number of aromatic nitrogens is 3. The molecule has 0 aliphatic carbocycles. The van der Waals surface area contributed by atoms with Crippen molar-refractivity contribution in [1.29, 1.82) is 0 Å². The first kappa shape index (κ1) is 22.3. The number of nitrogens with one attached hydrogen (secondary N) is 1. The molecule has 168 valence electrons. The van der Waals surface area contributed by atoms with Crippen LogP contribution < -0.4 is 10.9 Å². The van der Waals surface area contributed by atoms with Crippen LogP contribution in [0.15, 0.2) is 53.6 Å². The van der Waals surface area contributed by atoms with Gasteiger partial charge in [-0.15, -0.1) is 0 Å². The normalized spacial score (nSPS) is 19.5. The highest BCUT2D eigenvalue weighted by Gasteiger charge is 2.26. The lowest BCUT2D eigenvalue weighted by Gasteiger charge is -2.26. The third-order valence-corrected chi connectivity index (χ3v) is 5.64. The molecule has 2 aromatic heterocycles. The molecule has 4 rings (SSSR count). The number of anilines is 1. The number of alkyl halides is 1. The molecule has 1 fully saturated rings. The summed E-state index contributed by atoms with van der Waals surface area (Å²) in [5, 5.41) is 12.8. The summed E-state index contributed by atoms with van der Waals surface area (Å²) in [6.45, 7) is 0.0794. The van der Waals surface area contributed by atoms with Crippen LogP contribution >= 0.6 is 11.6 Å². The number of aliphatic hydroxyl groups excluding tert-OH is 1. The van der Waals surface area contributed by atoms with Gasteiger partial charge in [0.05, 0.1) is 36.0 Å². The second kappa shape index (κ2) is 9.72. The van der Waals surface area contributed by atoms with Crippen molar-refractivity contribution in [3.63, 3.8) is 0 Å². The van der Waals surface area contributed by atoms with Gasteiger partial charge in [-0.05, 0) is 36.2 Å². The maximum atomic E-state index is 14.0. The van der Waals surface area contributed by atoms with Crippen molar-refractivity contribution in [3.8, 4) is 11.3 Å². The Hall–Kier alpha value is -2.88. The number of pyridine rings is 1. The molecule has 1 saturated heterocycles. The highest BCUT2D eigenvalue weighted by Crippen LogP contribution is 2.24. The van der Waals surface area contributed by atoms with Crippen molar-refractivity contribution in [2.75, 3.05) is 25.1 Å².